The van der Waals surface area contributed by atoms with Gasteiger partial charge in [0, 0.05) is 5.39 Å². The lowest BCUT2D eigenvalue weighted by Crippen LogP contribution is -2.33. The quantitative estimate of drug-likeness (QED) is 0.619. The summed E-state index contributed by atoms with van der Waals surface area (Å²) in [5.74, 6) is 0.251. The van der Waals surface area contributed by atoms with Crippen molar-refractivity contribution in [2.75, 3.05) is 0 Å². The summed E-state index contributed by atoms with van der Waals surface area (Å²) in [7, 11) is -1.44. The molecule has 1 heterocycles. The SMILES string of the molecule is CC(C)c1cc2cn[nH]c2cc1B(O)O. The van der Waals surface area contributed by atoms with Crippen molar-refractivity contribution < 1.29 is 10.0 Å². The Morgan fingerprint density at radius 3 is 2.67 bits per heavy atom. The van der Waals surface area contributed by atoms with Crippen LogP contribution in [0.3, 0.4) is 0 Å². The predicted octanol–water partition coefficient (Wildman–Crippen LogP) is 0.366. The molecule has 0 aliphatic heterocycles. The van der Waals surface area contributed by atoms with Crippen molar-refractivity contribution >= 4 is 23.5 Å². The molecular formula is C10H13BN2O2. The van der Waals surface area contributed by atoms with Gasteiger partial charge in [0.25, 0.3) is 0 Å². The third-order valence-electron chi connectivity index (χ3n) is 2.54. The molecule has 4 nitrogen and oxygen atoms in total. The molecule has 0 spiro atoms. The second kappa shape index (κ2) is 3.68. The van der Waals surface area contributed by atoms with Gasteiger partial charge in [-0.2, -0.15) is 5.10 Å². The van der Waals surface area contributed by atoms with Crippen LogP contribution in [0.4, 0.5) is 0 Å². The minimum absolute atomic E-state index is 0.251. The van der Waals surface area contributed by atoms with Gasteiger partial charge < -0.3 is 10.0 Å². The normalized spacial score (nSPS) is 11.3. The summed E-state index contributed by atoms with van der Waals surface area (Å²) in [6, 6.07) is 3.68. The number of aromatic nitrogens is 2. The van der Waals surface area contributed by atoms with Gasteiger partial charge in [0.05, 0.1) is 11.7 Å². The highest BCUT2D eigenvalue weighted by Crippen LogP contribution is 2.18. The predicted molar refractivity (Wildman–Crippen MR) is 60.0 cm³/mol. The van der Waals surface area contributed by atoms with Crippen molar-refractivity contribution in [1.82, 2.24) is 10.2 Å². The Morgan fingerprint density at radius 2 is 2.07 bits per heavy atom. The summed E-state index contributed by atoms with van der Waals surface area (Å²) in [5, 5.41) is 26.3. The molecule has 78 valence electrons. The maximum atomic E-state index is 9.27. The summed E-state index contributed by atoms with van der Waals surface area (Å²) in [6.45, 7) is 4.04. The van der Waals surface area contributed by atoms with E-state index in [1.807, 2.05) is 19.9 Å². The molecule has 0 aliphatic rings. The standard InChI is InChI=1S/C10H13BN2O2/c1-6(2)8-3-7-5-12-13-10(7)4-9(8)11(14)15/h3-6,14-15H,1-2H3,(H,12,13). The van der Waals surface area contributed by atoms with Crippen LogP contribution in [0, 0.1) is 0 Å². The molecule has 0 saturated heterocycles. The summed E-state index contributed by atoms with van der Waals surface area (Å²) in [4.78, 5) is 0. The highest BCUT2D eigenvalue weighted by atomic mass is 16.4. The second-order valence-electron chi connectivity index (χ2n) is 3.97. The number of nitrogens with one attached hydrogen (secondary N) is 1. The van der Waals surface area contributed by atoms with Crippen LogP contribution in [-0.4, -0.2) is 27.4 Å². The number of rotatable bonds is 2. The molecule has 0 amide bonds. The first-order chi connectivity index (χ1) is 7.09. The Hall–Kier alpha value is -1.33. The number of hydrogen-bond donors (Lipinski definition) is 3. The maximum Gasteiger partial charge on any atom is 0.488 e. The first kappa shape index (κ1) is 10.2. The number of fused-ring (bicyclic) bond motifs is 1. The van der Waals surface area contributed by atoms with E-state index in [9.17, 15) is 10.0 Å². The summed E-state index contributed by atoms with van der Waals surface area (Å²) >= 11 is 0. The fourth-order valence-electron chi connectivity index (χ4n) is 1.75. The van der Waals surface area contributed by atoms with Gasteiger partial charge in [-0.05, 0) is 29.1 Å². The van der Waals surface area contributed by atoms with E-state index in [1.54, 1.807) is 12.3 Å². The van der Waals surface area contributed by atoms with Gasteiger partial charge in [0.1, 0.15) is 0 Å². The number of H-pyrrole nitrogens is 1. The first-order valence-electron chi connectivity index (χ1n) is 4.92. The zero-order valence-corrected chi connectivity index (χ0v) is 8.73. The minimum Gasteiger partial charge on any atom is -0.423 e. The molecule has 0 aliphatic carbocycles. The summed E-state index contributed by atoms with van der Waals surface area (Å²) < 4.78 is 0. The molecule has 0 unspecified atom stereocenters. The summed E-state index contributed by atoms with van der Waals surface area (Å²) in [5.41, 5.74) is 2.31. The Morgan fingerprint density at radius 1 is 1.33 bits per heavy atom. The average Bonchev–Trinajstić information content (AvgIpc) is 2.61. The molecule has 0 fully saturated rings. The molecule has 0 atom stereocenters. The molecule has 5 heteroatoms. The van der Waals surface area contributed by atoms with E-state index in [0.29, 0.717) is 5.46 Å². The van der Waals surface area contributed by atoms with Crippen molar-refractivity contribution in [2.24, 2.45) is 0 Å². The van der Waals surface area contributed by atoms with Crippen LogP contribution in [0.2, 0.25) is 0 Å². The molecular weight excluding hydrogens is 191 g/mol. The molecule has 2 rings (SSSR count). The number of hydrogen-bond acceptors (Lipinski definition) is 3. The molecule has 0 radical (unpaired) electrons. The van der Waals surface area contributed by atoms with E-state index >= 15 is 0 Å². The van der Waals surface area contributed by atoms with Gasteiger partial charge in [-0.1, -0.05) is 13.8 Å². The fraction of sp³-hybridized carbons (Fsp3) is 0.300. The third kappa shape index (κ3) is 1.76. The first-order valence-corrected chi connectivity index (χ1v) is 4.92. The van der Waals surface area contributed by atoms with Gasteiger partial charge >= 0.3 is 7.12 Å². The zero-order valence-electron chi connectivity index (χ0n) is 8.73. The van der Waals surface area contributed by atoms with Crippen molar-refractivity contribution in [2.45, 2.75) is 19.8 Å². The minimum atomic E-state index is -1.44. The maximum absolute atomic E-state index is 9.27. The van der Waals surface area contributed by atoms with Crippen LogP contribution < -0.4 is 5.46 Å². The molecule has 3 N–H and O–H groups in total. The number of nitrogens with zero attached hydrogens (tertiary/aromatic N) is 1. The van der Waals surface area contributed by atoms with E-state index in [4.69, 9.17) is 0 Å². The summed E-state index contributed by atoms with van der Waals surface area (Å²) in [6.07, 6.45) is 1.73. The van der Waals surface area contributed by atoms with E-state index < -0.39 is 7.12 Å². The Balaban J connectivity index is 2.68. The highest BCUT2D eigenvalue weighted by Gasteiger charge is 2.19. The lowest BCUT2D eigenvalue weighted by Gasteiger charge is -2.12. The van der Waals surface area contributed by atoms with Crippen LogP contribution in [0.25, 0.3) is 10.9 Å². The van der Waals surface area contributed by atoms with Gasteiger partial charge in [-0.3, -0.25) is 5.10 Å². The smallest absolute Gasteiger partial charge is 0.423 e. The van der Waals surface area contributed by atoms with Gasteiger partial charge in [-0.15, -0.1) is 0 Å². The monoisotopic (exact) mass is 204 g/mol. The largest absolute Gasteiger partial charge is 0.488 e. The van der Waals surface area contributed by atoms with Gasteiger partial charge in [0.2, 0.25) is 0 Å². The van der Waals surface area contributed by atoms with Crippen molar-refractivity contribution in [1.29, 1.82) is 0 Å². The van der Waals surface area contributed by atoms with Crippen LogP contribution in [0.15, 0.2) is 18.3 Å². The van der Waals surface area contributed by atoms with Crippen LogP contribution >= 0.6 is 0 Å². The molecule has 15 heavy (non-hydrogen) atoms. The third-order valence-corrected chi connectivity index (χ3v) is 2.54. The Labute approximate surface area is 88.1 Å². The lowest BCUT2D eigenvalue weighted by atomic mass is 9.74. The van der Waals surface area contributed by atoms with Crippen molar-refractivity contribution in [3.63, 3.8) is 0 Å². The molecule has 0 saturated carbocycles. The van der Waals surface area contributed by atoms with E-state index in [0.717, 1.165) is 16.5 Å². The van der Waals surface area contributed by atoms with Crippen molar-refractivity contribution in [3.05, 3.63) is 23.9 Å². The zero-order chi connectivity index (χ0) is 11.0. The fourth-order valence-corrected chi connectivity index (χ4v) is 1.75. The van der Waals surface area contributed by atoms with E-state index in [1.165, 1.54) is 0 Å². The van der Waals surface area contributed by atoms with Crippen molar-refractivity contribution in [3.8, 4) is 0 Å². The Kier molecular flexibility index (Phi) is 2.50. The molecule has 2 aromatic rings. The van der Waals surface area contributed by atoms with Crippen LogP contribution in [0.1, 0.15) is 25.3 Å². The second-order valence-corrected chi connectivity index (χ2v) is 3.97. The molecule has 1 aromatic carbocycles. The van der Waals surface area contributed by atoms with E-state index in [-0.39, 0.29) is 5.92 Å². The van der Waals surface area contributed by atoms with Gasteiger partial charge in [-0.25, -0.2) is 0 Å². The highest BCUT2D eigenvalue weighted by molar-refractivity contribution is 6.59. The van der Waals surface area contributed by atoms with Gasteiger partial charge in [0.15, 0.2) is 0 Å². The van der Waals surface area contributed by atoms with E-state index in [2.05, 4.69) is 10.2 Å². The lowest BCUT2D eigenvalue weighted by molar-refractivity contribution is 0.425. The topological polar surface area (TPSA) is 69.1 Å². The molecule has 0 bridgehead atoms. The van der Waals surface area contributed by atoms with Crippen LogP contribution in [0.5, 0.6) is 0 Å². The average molecular weight is 204 g/mol. The number of aromatic amines is 1. The Bertz CT molecular complexity index is 437. The molecule has 1 aromatic heterocycles. The van der Waals surface area contributed by atoms with Crippen LogP contribution in [-0.2, 0) is 0 Å². The number of benzene rings is 1.